The summed E-state index contributed by atoms with van der Waals surface area (Å²) in [6.45, 7) is 30.3. The Labute approximate surface area is 296 Å². The van der Waals surface area contributed by atoms with Crippen molar-refractivity contribution in [3.63, 3.8) is 0 Å². The van der Waals surface area contributed by atoms with Gasteiger partial charge in [0.1, 0.15) is 0 Å². The Balaban J connectivity index is 1.57. The van der Waals surface area contributed by atoms with Crippen LogP contribution in [0.4, 0.5) is 0 Å². The minimum Gasteiger partial charge on any atom is -0.414 e. The maximum Gasteiger partial charge on any atom is 0.294 e. The van der Waals surface area contributed by atoms with E-state index in [1.165, 1.54) is 24.8 Å². The van der Waals surface area contributed by atoms with Crippen LogP contribution in [0, 0.1) is 30.1 Å². The average Bonchev–Trinajstić information content (AvgIpc) is 3.27. The van der Waals surface area contributed by atoms with E-state index in [1.54, 1.807) is 17.7 Å². The zero-order valence-corrected chi connectivity index (χ0v) is 35.4. The van der Waals surface area contributed by atoms with Crippen LogP contribution in [0.15, 0.2) is 46.4 Å². The highest BCUT2D eigenvalue weighted by atomic mass is 32.2. The summed E-state index contributed by atoms with van der Waals surface area (Å²) in [7, 11) is -8.11. The van der Waals surface area contributed by atoms with E-state index in [2.05, 4.69) is 93.7 Å². The van der Waals surface area contributed by atoms with E-state index in [9.17, 15) is 13.0 Å². The maximum atomic E-state index is 12.2. The molecule has 0 amide bonds. The SMILES string of the molecule is Cc1ccc(S(=O)(=O)O)c(CC(C)[C@H]2CC[C@H]3/C(=C/C=C4C[C@@H](O[Si](C)(C)C(C)(C)C)C[C@H](O[Si](C)(C)C(C)(C)C)C4)CCC[C@]23C)c1. The molecule has 0 saturated heterocycles. The molecule has 48 heavy (non-hydrogen) atoms. The summed E-state index contributed by atoms with van der Waals surface area (Å²) in [4.78, 5) is 0.0645. The molecule has 3 aliphatic carbocycles. The highest BCUT2D eigenvalue weighted by Gasteiger charge is 2.51. The number of fused-ring (bicyclic) bond motifs is 1. The minimum absolute atomic E-state index is 0.0645. The number of rotatable bonds is 9. The summed E-state index contributed by atoms with van der Waals surface area (Å²) in [5, 5.41) is 0.337. The molecule has 0 radical (unpaired) electrons. The van der Waals surface area contributed by atoms with Crippen molar-refractivity contribution in [2.45, 2.75) is 173 Å². The molecule has 1 aromatic rings. The summed E-state index contributed by atoms with van der Waals surface area (Å²) in [6, 6.07) is 5.28. The average molecular weight is 717 g/mol. The monoisotopic (exact) mass is 716 g/mol. The van der Waals surface area contributed by atoms with E-state index >= 15 is 0 Å². The van der Waals surface area contributed by atoms with Gasteiger partial charge in [-0.1, -0.05) is 96.4 Å². The zero-order chi connectivity index (χ0) is 36.1. The van der Waals surface area contributed by atoms with Crippen LogP contribution in [0.3, 0.4) is 0 Å². The lowest BCUT2D eigenvalue weighted by Crippen LogP contribution is -2.48. The number of hydrogen-bond donors (Lipinski definition) is 1. The topological polar surface area (TPSA) is 72.8 Å². The van der Waals surface area contributed by atoms with Gasteiger partial charge >= 0.3 is 0 Å². The lowest BCUT2D eigenvalue weighted by atomic mass is 9.60. The second kappa shape index (κ2) is 14.2. The molecule has 1 unspecified atom stereocenters. The first-order valence-corrected chi connectivity index (χ1v) is 25.9. The van der Waals surface area contributed by atoms with E-state index in [0.29, 0.717) is 24.2 Å². The highest BCUT2D eigenvalue weighted by Crippen LogP contribution is 2.60. The second-order valence-electron chi connectivity index (χ2n) is 19.1. The standard InChI is InChI=1S/C40H68O5SSi2/c1-28-16-21-37(46(41,42)43)32(23-28)24-29(2)35-19-20-36-31(15-14-22-40(35,36)9)18-17-30-25-33(44-47(10,11)38(3,4)5)27-34(26-30)45-48(12,13)39(6,7)8/h16-18,21,23,29,33-36H,14-15,19-20,22,24-27H2,1-13H3,(H,41,42,43)/b31-18+/t29?,33-,34-,35-,36+,40-/m1/s1. The van der Waals surface area contributed by atoms with Crippen LogP contribution < -0.4 is 0 Å². The predicted octanol–water partition coefficient (Wildman–Crippen LogP) is 11.5. The van der Waals surface area contributed by atoms with Crippen molar-refractivity contribution in [3.8, 4) is 0 Å². The van der Waals surface area contributed by atoms with Crippen LogP contribution in [0.2, 0.25) is 36.3 Å². The Hall–Kier alpha value is -1.04. The summed E-state index contributed by atoms with van der Waals surface area (Å²) < 4.78 is 48.5. The smallest absolute Gasteiger partial charge is 0.294 e. The van der Waals surface area contributed by atoms with Crippen LogP contribution in [-0.4, -0.2) is 41.8 Å². The van der Waals surface area contributed by atoms with E-state index in [0.717, 1.165) is 43.2 Å². The first-order valence-electron chi connectivity index (χ1n) is 18.7. The van der Waals surface area contributed by atoms with Crippen molar-refractivity contribution in [1.29, 1.82) is 0 Å². The Morgan fingerprint density at radius 3 is 2.04 bits per heavy atom. The molecule has 6 atom stereocenters. The molecule has 5 nitrogen and oxygen atoms in total. The number of allylic oxidation sites excluding steroid dienone is 3. The number of aryl methyl sites for hydroxylation is 1. The van der Waals surface area contributed by atoms with Crippen molar-refractivity contribution in [2.24, 2.45) is 23.2 Å². The van der Waals surface area contributed by atoms with Gasteiger partial charge in [-0.05, 0) is 136 Å². The molecular weight excluding hydrogens is 649 g/mol. The summed E-state index contributed by atoms with van der Waals surface area (Å²) >= 11 is 0. The van der Waals surface area contributed by atoms with Crippen molar-refractivity contribution < 1.29 is 21.8 Å². The third kappa shape index (κ3) is 8.87. The molecule has 1 aromatic carbocycles. The van der Waals surface area contributed by atoms with Crippen molar-refractivity contribution >= 4 is 26.8 Å². The summed E-state index contributed by atoms with van der Waals surface area (Å²) in [6.07, 6.45) is 14.9. The molecule has 0 aliphatic heterocycles. The molecule has 3 fully saturated rings. The lowest BCUT2D eigenvalue weighted by Gasteiger charge is -2.45. The van der Waals surface area contributed by atoms with E-state index in [1.807, 2.05) is 13.0 Å². The molecule has 0 bridgehead atoms. The highest BCUT2D eigenvalue weighted by molar-refractivity contribution is 7.85. The molecule has 8 heteroatoms. The van der Waals surface area contributed by atoms with Crippen LogP contribution in [0.25, 0.3) is 0 Å². The molecule has 3 aliphatic rings. The molecule has 0 heterocycles. The van der Waals surface area contributed by atoms with Gasteiger partial charge in [0.25, 0.3) is 10.1 Å². The Morgan fingerprint density at radius 2 is 1.52 bits per heavy atom. The number of benzene rings is 1. The predicted molar refractivity (Wildman–Crippen MR) is 206 cm³/mol. The summed E-state index contributed by atoms with van der Waals surface area (Å²) in [5.41, 5.74) is 5.02. The zero-order valence-electron chi connectivity index (χ0n) is 32.6. The Bertz CT molecular complexity index is 1440. The lowest BCUT2D eigenvalue weighted by molar-refractivity contribution is 0.0725. The van der Waals surface area contributed by atoms with Crippen LogP contribution >= 0.6 is 0 Å². The number of hydrogen-bond acceptors (Lipinski definition) is 4. The second-order valence-corrected chi connectivity index (χ2v) is 30.0. The van der Waals surface area contributed by atoms with E-state index in [4.69, 9.17) is 8.85 Å². The summed E-state index contributed by atoms with van der Waals surface area (Å²) in [5.74, 6) is 1.38. The van der Waals surface area contributed by atoms with Gasteiger partial charge in [-0.3, -0.25) is 4.55 Å². The third-order valence-corrected chi connectivity index (χ3v) is 23.4. The minimum atomic E-state index is -4.26. The Morgan fingerprint density at radius 1 is 0.958 bits per heavy atom. The van der Waals surface area contributed by atoms with Crippen LogP contribution in [-0.2, 0) is 25.4 Å². The molecule has 3 saturated carbocycles. The van der Waals surface area contributed by atoms with E-state index in [-0.39, 0.29) is 32.6 Å². The van der Waals surface area contributed by atoms with Gasteiger partial charge < -0.3 is 8.85 Å². The quantitative estimate of drug-likeness (QED) is 0.203. The van der Waals surface area contributed by atoms with Gasteiger partial charge in [-0.2, -0.15) is 8.42 Å². The molecule has 0 spiro atoms. The molecule has 4 rings (SSSR count). The first kappa shape index (κ1) is 39.7. The van der Waals surface area contributed by atoms with Crippen LogP contribution in [0.5, 0.6) is 0 Å². The Kier molecular flexibility index (Phi) is 11.7. The van der Waals surface area contributed by atoms with Crippen molar-refractivity contribution in [2.75, 3.05) is 0 Å². The molecule has 272 valence electrons. The molecular formula is C40H68O5SSi2. The van der Waals surface area contributed by atoms with Gasteiger partial charge in [0.15, 0.2) is 16.6 Å². The van der Waals surface area contributed by atoms with Crippen LogP contribution in [0.1, 0.15) is 118 Å². The third-order valence-electron chi connectivity index (χ3n) is 13.3. The van der Waals surface area contributed by atoms with Gasteiger partial charge in [-0.15, -0.1) is 0 Å². The largest absolute Gasteiger partial charge is 0.414 e. The maximum absolute atomic E-state index is 12.2. The molecule has 0 aromatic heterocycles. The van der Waals surface area contributed by atoms with Crippen molar-refractivity contribution in [3.05, 3.63) is 52.6 Å². The first-order chi connectivity index (χ1) is 21.8. The fraction of sp³-hybridized carbons (Fsp3) is 0.750. The van der Waals surface area contributed by atoms with Gasteiger partial charge in [-0.25, -0.2) is 0 Å². The fourth-order valence-corrected chi connectivity index (χ4v) is 12.1. The van der Waals surface area contributed by atoms with Gasteiger partial charge in [0.2, 0.25) is 0 Å². The van der Waals surface area contributed by atoms with E-state index < -0.39 is 26.8 Å². The van der Waals surface area contributed by atoms with Gasteiger partial charge in [0, 0.05) is 0 Å². The normalized spacial score (nSPS) is 29.2. The molecule has 1 N–H and O–H groups in total. The van der Waals surface area contributed by atoms with Gasteiger partial charge in [0.05, 0.1) is 17.1 Å². The fourth-order valence-electron chi connectivity index (χ4n) is 8.68. The van der Waals surface area contributed by atoms with Crippen molar-refractivity contribution in [1.82, 2.24) is 0 Å².